The predicted molar refractivity (Wildman–Crippen MR) is 99.4 cm³/mol. The average molecular weight is 326 g/mol. The lowest BCUT2D eigenvalue weighted by molar-refractivity contribution is 0.415. The van der Waals surface area contributed by atoms with Gasteiger partial charge in [-0.2, -0.15) is 0 Å². The SMILES string of the molecule is COc1cc(NC/C=C(/C)CCC=C(C)C)ccc1-c1cnco1. The van der Waals surface area contributed by atoms with Crippen LogP contribution in [0.3, 0.4) is 0 Å². The molecule has 1 aromatic carbocycles. The van der Waals surface area contributed by atoms with Crippen LogP contribution >= 0.6 is 0 Å². The minimum atomic E-state index is 0.702. The Morgan fingerprint density at radius 1 is 1.25 bits per heavy atom. The third kappa shape index (κ3) is 5.30. The third-order valence-corrected chi connectivity index (χ3v) is 3.75. The molecule has 0 radical (unpaired) electrons. The fourth-order valence-electron chi connectivity index (χ4n) is 2.39. The van der Waals surface area contributed by atoms with Crippen molar-refractivity contribution in [3.8, 4) is 17.1 Å². The summed E-state index contributed by atoms with van der Waals surface area (Å²) in [5.74, 6) is 1.47. The van der Waals surface area contributed by atoms with Crippen LogP contribution in [0, 0.1) is 0 Å². The molecule has 0 saturated carbocycles. The average Bonchev–Trinajstić information content (AvgIpc) is 3.08. The van der Waals surface area contributed by atoms with Gasteiger partial charge in [0.25, 0.3) is 0 Å². The van der Waals surface area contributed by atoms with E-state index in [1.807, 2.05) is 18.2 Å². The van der Waals surface area contributed by atoms with Gasteiger partial charge in [0.1, 0.15) is 5.75 Å². The Morgan fingerprint density at radius 3 is 2.75 bits per heavy atom. The molecule has 4 heteroatoms. The number of methoxy groups -OCH3 is 1. The molecule has 0 spiro atoms. The minimum Gasteiger partial charge on any atom is -0.496 e. The van der Waals surface area contributed by atoms with Gasteiger partial charge < -0.3 is 14.5 Å². The molecule has 0 saturated heterocycles. The van der Waals surface area contributed by atoms with Crippen molar-refractivity contribution >= 4 is 5.69 Å². The first-order chi connectivity index (χ1) is 11.6. The molecule has 1 heterocycles. The van der Waals surface area contributed by atoms with Crippen LogP contribution in [0.4, 0.5) is 5.69 Å². The zero-order chi connectivity index (χ0) is 17.4. The van der Waals surface area contributed by atoms with Crippen LogP contribution in [0.5, 0.6) is 5.75 Å². The van der Waals surface area contributed by atoms with Crippen LogP contribution in [-0.2, 0) is 0 Å². The molecule has 1 N–H and O–H groups in total. The summed E-state index contributed by atoms with van der Waals surface area (Å²) in [6, 6.07) is 5.98. The summed E-state index contributed by atoms with van der Waals surface area (Å²) in [4.78, 5) is 3.95. The minimum absolute atomic E-state index is 0.702. The largest absolute Gasteiger partial charge is 0.496 e. The third-order valence-electron chi connectivity index (χ3n) is 3.75. The molecule has 24 heavy (non-hydrogen) atoms. The topological polar surface area (TPSA) is 47.3 Å². The first-order valence-electron chi connectivity index (χ1n) is 8.20. The number of anilines is 1. The second-order valence-corrected chi connectivity index (χ2v) is 6.03. The van der Waals surface area contributed by atoms with Gasteiger partial charge in [-0.15, -0.1) is 0 Å². The van der Waals surface area contributed by atoms with Crippen molar-refractivity contribution in [2.45, 2.75) is 33.6 Å². The van der Waals surface area contributed by atoms with E-state index in [1.54, 1.807) is 13.3 Å². The Bertz CT molecular complexity index is 696. The van der Waals surface area contributed by atoms with E-state index >= 15 is 0 Å². The molecule has 128 valence electrons. The number of nitrogens with one attached hydrogen (secondary N) is 1. The maximum absolute atomic E-state index is 5.46. The Hall–Kier alpha value is -2.49. The van der Waals surface area contributed by atoms with Crippen molar-refractivity contribution in [1.82, 2.24) is 4.98 Å². The van der Waals surface area contributed by atoms with Crippen LogP contribution in [0.15, 0.2) is 58.5 Å². The Balaban J connectivity index is 1.95. The lowest BCUT2D eigenvalue weighted by atomic mass is 10.1. The van der Waals surface area contributed by atoms with Gasteiger partial charge >= 0.3 is 0 Å². The van der Waals surface area contributed by atoms with Crippen molar-refractivity contribution in [2.24, 2.45) is 0 Å². The van der Waals surface area contributed by atoms with E-state index in [1.165, 1.54) is 17.5 Å². The van der Waals surface area contributed by atoms with Crippen molar-refractivity contribution in [3.63, 3.8) is 0 Å². The van der Waals surface area contributed by atoms with Gasteiger partial charge in [-0.3, -0.25) is 0 Å². The zero-order valence-corrected chi connectivity index (χ0v) is 14.9. The highest BCUT2D eigenvalue weighted by Gasteiger charge is 2.09. The second kappa shape index (κ2) is 8.96. The number of hydrogen-bond acceptors (Lipinski definition) is 4. The molecule has 0 aliphatic carbocycles. The number of ether oxygens (including phenoxy) is 1. The van der Waals surface area contributed by atoms with E-state index < -0.39 is 0 Å². The van der Waals surface area contributed by atoms with E-state index in [0.717, 1.165) is 36.4 Å². The summed E-state index contributed by atoms with van der Waals surface area (Å²) in [6.07, 6.45) is 9.81. The van der Waals surface area contributed by atoms with Gasteiger partial charge in [-0.1, -0.05) is 23.3 Å². The van der Waals surface area contributed by atoms with Gasteiger partial charge in [0.05, 0.1) is 18.9 Å². The van der Waals surface area contributed by atoms with Crippen LogP contribution in [0.25, 0.3) is 11.3 Å². The number of hydrogen-bond donors (Lipinski definition) is 1. The molecule has 4 nitrogen and oxygen atoms in total. The molecule has 2 rings (SSSR count). The summed E-state index contributed by atoms with van der Waals surface area (Å²) in [6.45, 7) is 7.24. The number of aromatic nitrogens is 1. The predicted octanol–water partition coefficient (Wildman–Crippen LogP) is 5.45. The maximum Gasteiger partial charge on any atom is 0.181 e. The van der Waals surface area contributed by atoms with Gasteiger partial charge in [-0.25, -0.2) is 4.98 Å². The first-order valence-corrected chi connectivity index (χ1v) is 8.20. The van der Waals surface area contributed by atoms with Gasteiger partial charge in [0.15, 0.2) is 12.2 Å². The Morgan fingerprint density at radius 2 is 2.08 bits per heavy atom. The number of rotatable bonds is 8. The fraction of sp³-hybridized carbons (Fsp3) is 0.350. The number of oxazole rings is 1. The van der Waals surface area contributed by atoms with E-state index in [4.69, 9.17) is 9.15 Å². The van der Waals surface area contributed by atoms with Crippen LogP contribution in [0.2, 0.25) is 0 Å². The molecule has 2 aromatic rings. The molecule has 0 unspecified atom stereocenters. The lowest BCUT2D eigenvalue weighted by Crippen LogP contribution is -2.00. The Kier molecular flexibility index (Phi) is 6.67. The highest BCUT2D eigenvalue weighted by Crippen LogP contribution is 2.32. The summed E-state index contributed by atoms with van der Waals surface area (Å²) in [5, 5.41) is 3.40. The smallest absolute Gasteiger partial charge is 0.181 e. The normalized spacial score (nSPS) is 11.2. The highest BCUT2D eigenvalue weighted by atomic mass is 16.5. The van der Waals surface area contributed by atoms with E-state index in [0.29, 0.717) is 5.76 Å². The van der Waals surface area contributed by atoms with Gasteiger partial charge in [0, 0.05) is 18.3 Å². The summed E-state index contributed by atoms with van der Waals surface area (Å²) in [7, 11) is 1.66. The van der Waals surface area contributed by atoms with Crippen molar-refractivity contribution < 1.29 is 9.15 Å². The molecule has 0 bridgehead atoms. The molecule has 0 atom stereocenters. The molecule has 0 amide bonds. The first kappa shape index (κ1) is 17.9. The molecular weight excluding hydrogens is 300 g/mol. The van der Waals surface area contributed by atoms with Gasteiger partial charge in [0.2, 0.25) is 0 Å². The summed E-state index contributed by atoms with van der Waals surface area (Å²) < 4.78 is 10.8. The number of benzene rings is 1. The van der Waals surface area contributed by atoms with E-state index in [9.17, 15) is 0 Å². The van der Waals surface area contributed by atoms with Crippen molar-refractivity contribution in [3.05, 3.63) is 54.1 Å². The monoisotopic (exact) mass is 326 g/mol. The quantitative estimate of drug-likeness (QED) is 0.655. The van der Waals surface area contributed by atoms with Crippen molar-refractivity contribution in [2.75, 3.05) is 19.0 Å². The summed E-state index contributed by atoms with van der Waals surface area (Å²) >= 11 is 0. The Labute approximate surface area is 144 Å². The maximum atomic E-state index is 5.46. The molecule has 0 aliphatic heterocycles. The van der Waals surface area contributed by atoms with E-state index in [2.05, 4.69) is 43.2 Å². The van der Waals surface area contributed by atoms with Gasteiger partial charge in [-0.05, 0) is 45.7 Å². The van der Waals surface area contributed by atoms with Crippen LogP contribution < -0.4 is 10.1 Å². The van der Waals surface area contributed by atoms with Crippen molar-refractivity contribution in [1.29, 1.82) is 0 Å². The molecular formula is C20H26N2O2. The highest BCUT2D eigenvalue weighted by molar-refractivity contribution is 5.69. The molecule has 0 fully saturated rings. The second-order valence-electron chi connectivity index (χ2n) is 6.03. The zero-order valence-electron chi connectivity index (χ0n) is 14.9. The molecule has 0 aliphatic rings. The fourth-order valence-corrected chi connectivity index (χ4v) is 2.39. The lowest BCUT2D eigenvalue weighted by Gasteiger charge is -2.10. The molecule has 1 aromatic heterocycles. The number of allylic oxidation sites excluding steroid dienone is 3. The van der Waals surface area contributed by atoms with Crippen LogP contribution in [-0.4, -0.2) is 18.6 Å². The van der Waals surface area contributed by atoms with Crippen LogP contribution in [0.1, 0.15) is 33.6 Å². The standard InChI is InChI=1S/C20H26N2O2/c1-15(2)6-5-7-16(3)10-11-22-17-8-9-18(19(12-17)23-4)20-13-21-14-24-20/h6,8-10,12-14,22H,5,7,11H2,1-4H3/b16-10-. The number of nitrogens with zero attached hydrogens (tertiary/aromatic N) is 1. The summed E-state index contributed by atoms with van der Waals surface area (Å²) in [5.41, 5.74) is 4.68. The van der Waals surface area contributed by atoms with E-state index in [-0.39, 0.29) is 0 Å².